The molecular formula is C27H21Cl2N3O4. The van der Waals surface area contributed by atoms with Crippen LogP contribution in [-0.2, 0) is 18.3 Å². The number of amides is 1. The lowest BCUT2D eigenvalue weighted by Crippen LogP contribution is -2.42. The van der Waals surface area contributed by atoms with E-state index in [0.29, 0.717) is 22.3 Å². The summed E-state index contributed by atoms with van der Waals surface area (Å²) >= 11 is 12.2. The van der Waals surface area contributed by atoms with Crippen LogP contribution in [0.3, 0.4) is 0 Å². The molecule has 0 fully saturated rings. The van der Waals surface area contributed by atoms with Crippen LogP contribution in [0.15, 0.2) is 83.8 Å². The Labute approximate surface area is 216 Å². The summed E-state index contributed by atoms with van der Waals surface area (Å²) < 4.78 is 1.27. The van der Waals surface area contributed by atoms with Crippen molar-refractivity contribution in [3.8, 4) is 22.3 Å². The molecule has 2 N–H and O–H groups in total. The Morgan fingerprint density at radius 3 is 2.19 bits per heavy atom. The molecule has 182 valence electrons. The molecule has 1 aromatic heterocycles. The number of carbonyl (C=O) groups excluding carboxylic acids is 1. The minimum atomic E-state index is -1.22. The first-order valence-electron chi connectivity index (χ1n) is 10.9. The molecular weight excluding hydrogens is 501 g/mol. The van der Waals surface area contributed by atoms with Crippen molar-refractivity contribution in [2.24, 2.45) is 7.05 Å². The molecule has 4 aromatic rings. The first kappa shape index (κ1) is 25.2. The largest absolute Gasteiger partial charge is 0.480 e. The summed E-state index contributed by atoms with van der Waals surface area (Å²) in [6, 6.07) is 19.8. The second-order valence-electron chi connectivity index (χ2n) is 8.09. The Bertz CT molecular complexity index is 1470. The lowest BCUT2D eigenvalue weighted by molar-refractivity contribution is -0.139. The summed E-state index contributed by atoms with van der Waals surface area (Å²) in [6.07, 6.45) is 1.67. The van der Waals surface area contributed by atoms with E-state index < -0.39 is 17.9 Å². The fourth-order valence-electron chi connectivity index (χ4n) is 3.84. The summed E-state index contributed by atoms with van der Waals surface area (Å²) in [5.41, 5.74) is 3.12. The molecule has 36 heavy (non-hydrogen) atoms. The van der Waals surface area contributed by atoms with Crippen LogP contribution in [0.2, 0.25) is 10.0 Å². The number of rotatable bonds is 7. The molecule has 3 aromatic carbocycles. The molecule has 9 heteroatoms. The van der Waals surface area contributed by atoms with Crippen LogP contribution < -0.4 is 10.9 Å². The molecule has 0 radical (unpaired) electrons. The van der Waals surface area contributed by atoms with Crippen LogP contribution in [0.5, 0.6) is 0 Å². The minimum absolute atomic E-state index is 0.0172. The number of aryl methyl sites for hydroxylation is 1. The van der Waals surface area contributed by atoms with Gasteiger partial charge in [0.2, 0.25) is 0 Å². The van der Waals surface area contributed by atoms with E-state index in [1.165, 1.54) is 16.8 Å². The van der Waals surface area contributed by atoms with Gasteiger partial charge in [-0.25, -0.2) is 9.48 Å². The van der Waals surface area contributed by atoms with Gasteiger partial charge in [0.15, 0.2) is 0 Å². The molecule has 1 atom stereocenters. The van der Waals surface area contributed by atoms with Crippen molar-refractivity contribution in [3.05, 3.63) is 111 Å². The van der Waals surface area contributed by atoms with Crippen LogP contribution in [-0.4, -0.2) is 32.8 Å². The third-order valence-corrected chi connectivity index (χ3v) is 6.33. The maximum atomic E-state index is 13.0. The number of carboxylic acids is 1. The zero-order valence-corrected chi connectivity index (χ0v) is 20.6. The highest BCUT2D eigenvalue weighted by molar-refractivity contribution is 6.39. The van der Waals surface area contributed by atoms with E-state index in [0.717, 1.165) is 5.56 Å². The fourth-order valence-corrected chi connectivity index (χ4v) is 4.41. The summed E-state index contributed by atoms with van der Waals surface area (Å²) in [5.74, 6) is -1.88. The summed E-state index contributed by atoms with van der Waals surface area (Å²) in [6.45, 7) is 0. The highest BCUT2D eigenvalue weighted by Crippen LogP contribution is 2.29. The van der Waals surface area contributed by atoms with Gasteiger partial charge in [-0.3, -0.25) is 9.59 Å². The third kappa shape index (κ3) is 5.32. The van der Waals surface area contributed by atoms with E-state index in [9.17, 15) is 19.5 Å². The van der Waals surface area contributed by atoms with Crippen LogP contribution in [0.4, 0.5) is 0 Å². The summed E-state index contributed by atoms with van der Waals surface area (Å²) in [5, 5.41) is 16.6. The molecule has 0 spiro atoms. The van der Waals surface area contributed by atoms with Crippen molar-refractivity contribution in [2.45, 2.75) is 12.5 Å². The first-order chi connectivity index (χ1) is 17.3. The number of aliphatic carboxylic acids is 1. The van der Waals surface area contributed by atoms with E-state index in [1.54, 1.807) is 43.6 Å². The van der Waals surface area contributed by atoms with E-state index >= 15 is 0 Å². The number of nitrogens with one attached hydrogen (secondary N) is 1. The second-order valence-corrected chi connectivity index (χ2v) is 8.90. The fraction of sp³-hybridized carbons (Fsp3) is 0.111. The Kier molecular flexibility index (Phi) is 7.52. The van der Waals surface area contributed by atoms with Gasteiger partial charge in [-0.05, 0) is 28.8 Å². The van der Waals surface area contributed by atoms with E-state index in [2.05, 4.69) is 10.4 Å². The van der Waals surface area contributed by atoms with Gasteiger partial charge >= 0.3 is 5.97 Å². The van der Waals surface area contributed by atoms with Crippen LogP contribution >= 0.6 is 23.2 Å². The Morgan fingerprint density at radius 1 is 0.944 bits per heavy atom. The summed E-state index contributed by atoms with van der Waals surface area (Å²) in [4.78, 5) is 37.5. The Hall–Kier alpha value is -3.94. The van der Waals surface area contributed by atoms with Crippen LogP contribution in [0.1, 0.15) is 15.9 Å². The van der Waals surface area contributed by atoms with Gasteiger partial charge in [-0.1, -0.05) is 83.9 Å². The quantitative estimate of drug-likeness (QED) is 0.362. The third-order valence-electron chi connectivity index (χ3n) is 5.70. The van der Waals surface area contributed by atoms with E-state index in [1.807, 2.05) is 30.3 Å². The number of hydrogen-bond donors (Lipinski definition) is 2. The van der Waals surface area contributed by atoms with Gasteiger partial charge in [0.25, 0.3) is 11.5 Å². The molecule has 0 aliphatic heterocycles. The highest BCUT2D eigenvalue weighted by Gasteiger charge is 2.24. The molecule has 0 saturated carbocycles. The second kappa shape index (κ2) is 10.8. The molecule has 7 nitrogen and oxygen atoms in total. The standard InChI is InChI=1S/C27H21Cl2N3O4/c1-32-26(34)23(19(15-30-32)17-6-3-2-4-7-17)18-12-10-16(11-13-18)14-22(27(35)36)31-25(33)24-20(28)8-5-9-21(24)29/h2-13,15,22H,14H2,1H3,(H,31,33)(H,35,36)/t22-/m0/s1. The Morgan fingerprint density at radius 2 is 1.58 bits per heavy atom. The number of hydrogen-bond acceptors (Lipinski definition) is 4. The van der Waals surface area contributed by atoms with Crippen molar-refractivity contribution in [1.29, 1.82) is 0 Å². The highest BCUT2D eigenvalue weighted by atomic mass is 35.5. The zero-order chi connectivity index (χ0) is 25.8. The minimum Gasteiger partial charge on any atom is -0.480 e. The SMILES string of the molecule is Cn1ncc(-c2ccccc2)c(-c2ccc(C[C@H](NC(=O)c3c(Cl)cccc3Cl)C(=O)O)cc2)c1=O. The van der Waals surface area contributed by atoms with Crippen molar-refractivity contribution in [3.63, 3.8) is 0 Å². The normalized spacial score (nSPS) is 11.6. The molecule has 0 bridgehead atoms. The number of nitrogens with zero attached hydrogens (tertiary/aromatic N) is 2. The van der Waals surface area contributed by atoms with E-state index in [-0.39, 0.29) is 27.6 Å². The first-order valence-corrected chi connectivity index (χ1v) is 11.7. The van der Waals surface area contributed by atoms with Gasteiger partial charge in [0, 0.05) is 19.0 Å². The predicted octanol–water partition coefficient (Wildman–Crippen LogP) is 4.85. The molecule has 0 aliphatic rings. The zero-order valence-electron chi connectivity index (χ0n) is 19.1. The number of carboxylic acid groups (broad SMARTS) is 1. The van der Waals surface area contributed by atoms with Gasteiger partial charge in [0.05, 0.1) is 27.4 Å². The number of benzene rings is 3. The average molecular weight is 522 g/mol. The van der Waals surface area contributed by atoms with Crippen molar-refractivity contribution in [2.75, 3.05) is 0 Å². The molecule has 0 unspecified atom stereocenters. The summed E-state index contributed by atoms with van der Waals surface area (Å²) in [7, 11) is 1.58. The van der Waals surface area contributed by atoms with Crippen molar-refractivity contribution >= 4 is 35.1 Å². The number of aromatic nitrogens is 2. The lowest BCUT2D eigenvalue weighted by atomic mass is 9.95. The lowest BCUT2D eigenvalue weighted by Gasteiger charge is -2.16. The number of carbonyl (C=O) groups is 2. The monoisotopic (exact) mass is 521 g/mol. The maximum Gasteiger partial charge on any atom is 0.326 e. The maximum absolute atomic E-state index is 13.0. The van der Waals surface area contributed by atoms with Crippen LogP contribution in [0.25, 0.3) is 22.3 Å². The van der Waals surface area contributed by atoms with Gasteiger partial charge in [-0.15, -0.1) is 0 Å². The van der Waals surface area contributed by atoms with Crippen molar-refractivity contribution < 1.29 is 14.7 Å². The Balaban J connectivity index is 1.61. The molecule has 0 aliphatic carbocycles. The van der Waals surface area contributed by atoms with Gasteiger partial charge in [0.1, 0.15) is 6.04 Å². The van der Waals surface area contributed by atoms with Crippen molar-refractivity contribution in [1.82, 2.24) is 15.1 Å². The van der Waals surface area contributed by atoms with Gasteiger partial charge < -0.3 is 10.4 Å². The predicted molar refractivity (Wildman–Crippen MR) is 139 cm³/mol. The average Bonchev–Trinajstić information content (AvgIpc) is 2.86. The van der Waals surface area contributed by atoms with Crippen LogP contribution in [0, 0.1) is 0 Å². The molecule has 4 rings (SSSR count). The smallest absolute Gasteiger partial charge is 0.326 e. The van der Waals surface area contributed by atoms with E-state index in [4.69, 9.17) is 23.2 Å². The topological polar surface area (TPSA) is 101 Å². The molecule has 1 amide bonds. The van der Waals surface area contributed by atoms with Gasteiger partial charge in [-0.2, -0.15) is 5.10 Å². The molecule has 1 heterocycles. The number of halogens is 2. The molecule has 0 saturated heterocycles.